The molecular formula is C24H25ClN2O. The van der Waals surface area contributed by atoms with Crippen LogP contribution in [0.4, 0.5) is 5.82 Å². The number of aromatic nitrogens is 1. The molecule has 1 aliphatic rings. The van der Waals surface area contributed by atoms with E-state index in [4.69, 9.17) is 11.6 Å². The molecule has 0 fully saturated rings. The molecule has 0 aliphatic heterocycles. The van der Waals surface area contributed by atoms with Crippen LogP contribution >= 0.6 is 11.6 Å². The molecule has 144 valence electrons. The number of rotatable bonds is 3. The predicted molar refractivity (Wildman–Crippen MR) is 117 cm³/mol. The van der Waals surface area contributed by atoms with E-state index in [1.165, 1.54) is 35.1 Å². The van der Waals surface area contributed by atoms with Crippen LogP contribution in [0.3, 0.4) is 0 Å². The van der Waals surface area contributed by atoms with Gasteiger partial charge in [-0.25, -0.2) is 4.98 Å². The topological polar surface area (TPSA) is 42.0 Å². The summed E-state index contributed by atoms with van der Waals surface area (Å²) < 4.78 is 0. The summed E-state index contributed by atoms with van der Waals surface area (Å²) in [5, 5.41) is 3.23. The number of benzene rings is 2. The van der Waals surface area contributed by atoms with Crippen molar-refractivity contribution in [2.24, 2.45) is 0 Å². The number of carbonyl (C=O) groups excluding carboxylic acids is 1. The summed E-state index contributed by atoms with van der Waals surface area (Å²) >= 11 is 6.07. The van der Waals surface area contributed by atoms with Crippen LogP contribution < -0.4 is 5.32 Å². The van der Waals surface area contributed by atoms with E-state index in [0.29, 0.717) is 16.4 Å². The third-order valence-electron chi connectivity index (χ3n) is 4.87. The first kappa shape index (κ1) is 20.1. The molecule has 0 spiro atoms. The number of nitrogens with one attached hydrogen (secondary N) is 1. The summed E-state index contributed by atoms with van der Waals surface area (Å²) in [7, 11) is 0. The maximum atomic E-state index is 12.3. The van der Waals surface area contributed by atoms with Crippen LogP contribution in [0.15, 0.2) is 54.7 Å². The highest BCUT2D eigenvalue weighted by molar-refractivity contribution is 6.34. The number of fused-ring (bicyclic) bond motifs is 1. The lowest BCUT2D eigenvalue weighted by Crippen LogP contribution is -2.13. The van der Waals surface area contributed by atoms with Crippen molar-refractivity contribution in [3.05, 3.63) is 82.0 Å². The Morgan fingerprint density at radius 1 is 1.04 bits per heavy atom. The Balaban J connectivity index is 0.00000109. The predicted octanol–water partition coefficient (Wildman–Crippen LogP) is 6.48. The molecule has 0 unspecified atom stereocenters. The molecule has 0 saturated heterocycles. The third-order valence-corrected chi connectivity index (χ3v) is 5.20. The van der Waals surface area contributed by atoms with E-state index in [1.54, 1.807) is 24.3 Å². The van der Waals surface area contributed by atoms with Gasteiger partial charge in [-0.15, -0.1) is 0 Å². The van der Waals surface area contributed by atoms with Crippen LogP contribution in [0.25, 0.3) is 11.1 Å². The van der Waals surface area contributed by atoms with Crippen molar-refractivity contribution >= 4 is 23.3 Å². The van der Waals surface area contributed by atoms with E-state index in [1.807, 2.05) is 32.2 Å². The van der Waals surface area contributed by atoms with E-state index < -0.39 is 0 Å². The van der Waals surface area contributed by atoms with Crippen LogP contribution in [-0.4, -0.2) is 10.9 Å². The average Bonchev–Trinajstić information content (AvgIpc) is 3.17. The van der Waals surface area contributed by atoms with Crippen LogP contribution in [0, 0.1) is 6.92 Å². The molecule has 1 aromatic heterocycles. The van der Waals surface area contributed by atoms with Crippen LogP contribution in [-0.2, 0) is 12.8 Å². The van der Waals surface area contributed by atoms with Gasteiger partial charge in [0.15, 0.2) is 0 Å². The Morgan fingerprint density at radius 3 is 2.43 bits per heavy atom. The van der Waals surface area contributed by atoms with Gasteiger partial charge in [-0.1, -0.05) is 49.7 Å². The fraction of sp³-hybridized carbons (Fsp3) is 0.250. The van der Waals surface area contributed by atoms with Crippen molar-refractivity contribution in [2.75, 3.05) is 5.32 Å². The Hall–Kier alpha value is -2.65. The SMILES string of the molecule is CC.Cc1cc2c(cc1-c1ccc(NC(=O)c3ccccc3Cl)nc1)CCC2. The molecule has 1 aliphatic carbocycles. The highest BCUT2D eigenvalue weighted by Gasteiger charge is 2.15. The number of hydrogen-bond donors (Lipinski definition) is 1. The largest absolute Gasteiger partial charge is 0.307 e. The third kappa shape index (κ3) is 4.26. The molecule has 0 bridgehead atoms. The molecule has 1 N–H and O–H groups in total. The van der Waals surface area contributed by atoms with E-state index in [0.717, 1.165) is 12.0 Å². The van der Waals surface area contributed by atoms with E-state index in [-0.39, 0.29) is 5.91 Å². The van der Waals surface area contributed by atoms with Gasteiger partial charge in [0.25, 0.3) is 5.91 Å². The van der Waals surface area contributed by atoms with Gasteiger partial charge in [0.2, 0.25) is 0 Å². The number of pyridine rings is 1. The second-order valence-electron chi connectivity index (χ2n) is 6.66. The van der Waals surface area contributed by atoms with Gasteiger partial charge in [0.05, 0.1) is 10.6 Å². The summed E-state index contributed by atoms with van der Waals surface area (Å²) in [5.41, 5.74) is 6.90. The highest BCUT2D eigenvalue weighted by atomic mass is 35.5. The Labute approximate surface area is 171 Å². The second kappa shape index (κ2) is 9.03. The summed E-state index contributed by atoms with van der Waals surface area (Å²) in [6, 6.07) is 15.4. The van der Waals surface area contributed by atoms with Gasteiger partial charge in [-0.05, 0) is 72.7 Å². The lowest BCUT2D eigenvalue weighted by atomic mass is 9.96. The van der Waals surface area contributed by atoms with Crippen molar-refractivity contribution in [3.63, 3.8) is 0 Å². The Kier molecular flexibility index (Phi) is 6.48. The van der Waals surface area contributed by atoms with Gasteiger partial charge in [-0.2, -0.15) is 0 Å². The average molecular weight is 393 g/mol. The number of nitrogens with zero attached hydrogens (tertiary/aromatic N) is 1. The number of anilines is 1. The molecule has 1 amide bonds. The number of hydrogen-bond acceptors (Lipinski definition) is 2. The van der Waals surface area contributed by atoms with Crippen LogP contribution in [0.1, 0.15) is 47.3 Å². The van der Waals surface area contributed by atoms with Gasteiger partial charge >= 0.3 is 0 Å². The van der Waals surface area contributed by atoms with Gasteiger partial charge < -0.3 is 5.32 Å². The number of amides is 1. The molecular weight excluding hydrogens is 368 g/mol. The zero-order valence-corrected chi connectivity index (χ0v) is 17.3. The van der Waals surface area contributed by atoms with Crippen molar-refractivity contribution in [3.8, 4) is 11.1 Å². The summed E-state index contributed by atoms with van der Waals surface area (Å²) in [6.07, 6.45) is 5.39. The van der Waals surface area contributed by atoms with Gasteiger partial charge in [0.1, 0.15) is 5.82 Å². The molecule has 28 heavy (non-hydrogen) atoms. The summed E-state index contributed by atoms with van der Waals surface area (Å²) in [4.78, 5) is 16.7. The van der Waals surface area contributed by atoms with Crippen molar-refractivity contribution in [2.45, 2.75) is 40.0 Å². The Bertz CT molecular complexity index is 980. The Morgan fingerprint density at radius 2 is 1.75 bits per heavy atom. The van der Waals surface area contributed by atoms with Crippen molar-refractivity contribution < 1.29 is 4.79 Å². The van der Waals surface area contributed by atoms with E-state index in [2.05, 4.69) is 29.4 Å². The standard InChI is InChI=1S/C22H19ClN2O.C2H6/c1-14-11-15-5-4-6-16(15)12-19(14)17-9-10-21(24-13-17)25-22(26)18-7-2-3-8-20(18)23;1-2/h2-3,7-13H,4-6H2,1H3,(H,24,25,26);1-2H3. The van der Waals surface area contributed by atoms with Crippen molar-refractivity contribution in [1.82, 2.24) is 4.98 Å². The molecule has 0 atom stereocenters. The monoisotopic (exact) mass is 392 g/mol. The lowest BCUT2D eigenvalue weighted by molar-refractivity contribution is 0.102. The highest BCUT2D eigenvalue weighted by Crippen LogP contribution is 2.31. The molecule has 3 nitrogen and oxygen atoms in total. The normalized spacial score (nSPS) is 12.0. The molecule has 4 heteroatoms. The molecule has 0 saturated carbocycles. The lowest BCUT2D eigenvalue weighted by Gasteiger charge is -2.11. The van der Waals surface area contributed by atoms with E-state index >= 15 is 0 Å². The minimum Gasteiger partial charge on any atom is -0.307 e. The van der Waals surface area contributed by atoms with Gasteiger partial charge in [-0.3, -0.25) is 4.79 Å². The maximum absolute atomic E-state index is 12.3. The molecule has 1 heterocycles. The fourth-order valence-electron chi connectivity index (χ4n) is 3.51. The van der Waals surface area contributed by atoms with Crippen molar-refractivity contribution in [1.29, 1.82) is 0 Å². The van der Waals surface area contributed by atoms with E-state index in [9.17, 15) is 4.79 Å². The summed E-state index contributed by atoms with van der Waals surface area (Å²) in [6.45, 7) is 6.14. The minimum atomic E-state index is -0.260. The zero-order chi connectivity index (χ0) is 20.1. The first-order valence-corrected chi connectivity index (χ1v) is 10.1. The molecule has 0 radical (unpaired) electrons. The molecule has 2 aromatic carbocycles. The number of halogens is 1. The molecule has 3 aromatic rings. The first-order valence-electron chi connectivity index (χ1n) is 9.76. The second-order valence-corrected chi connectivity index (χ2v) is 7.06. The zero-order valence-electron chi connectivity index (χ0n) is 16.6. The quantitative estimate of drug-likeness (QED) is 0.554. The van der Waals surface area contributed by atoms with Crippen LogP contribution in [0.5, 0.6) is 0 Å². The molecule has 4 rings (SSSR count). The smallest absolute Gasteiger partial charge is 0.258 e. The number of carbonyl (C=O) groups is 1. The first-order chi connectivity index (χ1) is 13.6. The maximum Gasteiger partial charge on any atom is 0.258 e. The summed E-state index contributed by atoms with van der Waals surface area (Å²) in [5.74, 6) is 0.252. The fourth-order valence-corrected chi connectivity index (χ4v) is 3.74. The van der Waals surface area contributed by atoms with Gasteiger partial charge in [0, 0.05) is 11.8 Å². The number of aryl methyl sites for hydroxylation is 3. The minimum absolute atomic E-state index is 0.260. The van der Waals surface area contributed by atoms with Crippen LogP contribution in [0.2, 0.25) is 5.02 Å².